The molecule has 24 heavy (non-hydrogen) atoms. The number of anilines is 1. The summed E-state index contributed by atoms with van der Waals surface area (Å²) in [5.41, 5.74) is 10.3. The molecule has 0 fully saturated rings. The van der Waals surface area contributed by atoms with E-state index in [1.54, 1.807) is 18.2 Å². The van der Waals surface area contributed by atoms with E-state index in [2.05, 4.69) is 15.6 Å². The molecule has 0 amide bonds. The van der Waals surface area contributed by atoms with Gasteiger partial charge in [0, 0.05) is 18.3 Å². The summed E-state index contributed by atoms with van der Waals surface area (Å²) in [7, 11) is 0. The molecule has 1 aromatic heterocycles. The van der Waals surface area contributed by atoms with Crippen LogP contribution in [0.25, 0.3) is 0 Å². The van der Waals surface area contributed by atoms with Crippen molar-refractivity contribution in [2.75, 3.05) is 5.43 Å². The lowest BCUT2D eigenvalue weighted by Gasteiger charge is -2.10. The quantitative estimate of drug-likeness (QED) is 0.408. The van der Waals surface area contributed by atoms with Crippen molar-refractivity contribution in [3.05, 3.63) is 41.7 Å². The highest BCUT2D eigenvalue weighted by Crippen LogP contribution is 2.25. The summed E-state index contributed by atoms with van der Waals surface area (Å²) in [6.45, 7) is 5.13. The number of nitrogens with zero attached hydrogens (tertiary/aromatic N) is 4. The lowest BCUT2D eigenvalue weighted by Crippen LogP contribution is -2.21. The summed E-state index contributed by atoms with van der Waals surface area (Å²) in [6, 6.07) is 8.95. The fraction of sp³-hybridized carbons (Fsp3) is 0.250. The average molecular weight is 325 g/mol. The number of benzene rings is 1. The molecule has 0 radical (unpaired) electrons. The van der Waals surface area contributed by atoms with Gasteiger partial charge in [0.15, 0.2) is 5.84 Å². The van der Waals surface area contributed by atoms with Crippen LogP contribution in [0, 0.1) is 23.7 Å². The minimum Gasteiger partial charge on any atom is -0.487 e. The number of hydrazone groups is 1. The summed E-state index contributed by atoms with van der Waals surface area (Å²) in [5.74, 6) is 0.178. The van der Waals surface area contributed by atoms with E-state index >= 15 is 0 Å². The second-order valence-electron chi connectivity index (χ2n) is 4.98. The standard InChI is InChI=1S/C16H19N7O/c1-3-23-9-12(11(2)22-23)10-24-15-7-5-4-6-13(15)20-21-14(8-17)16(18)19/h4-7,9,20H,3,10H2,1-2H3,(H3,18,19)/b21-14+. The number of nitrogens with one attached hydrogen (secondary N) is 2. The van der Waals surface area contributed by atoms with Crippen LogP contribution in [-0.2, 0) is 13.2 Å². The Morgan fingerprint density at radius 1 is 1.50 bits per heavy atom. The van der Waals surface area contributed by atoms with Gasteiger partial charge in [0.2, 0.25) is 5.71 Å². The second-order valence-corrected chi connectivity index (χ2v) is 4.98. The molecule has 0 spiro atoms. The first-order valence-corrected chi connectivity index (χ1v) is 7.38. The fourth-order valence-corrected chi connectivity index (χ4v) is 1.96. The number of ether oxygens (including phenoxy) is 1. The minimum absolute atomic E-state index is 0.190. The van der Waals surface area contributed by atoms with E-state index in [-0.39, 0.29) is 5.71 Å². The monoisotopic (exact) mass is 325 g/mol. The number of hydrogen-bond donors (Lipinski definition) is 3. The Balaban J connectivity index is 2.13. The molecule has 0 aliphatic heterocycles. The first-order chi connectivity index (χ1) is 11.5. The molecule has 0 atom stereocenters. The first kappa shape index (κ1) is 17.0. The predicted molar refractivity (Wildman–Crippen MR) is 92.0 cm³/mol. The Labute approximate surface area is 140 Å². The van der Waals surface area contributed by atoms with Crippen LogP contribution < -0.4 is 15.9 Å². The molecule has 0 aliphatic rings. The van der Waals surface area contributed by atoms with Crippen LogP contribution in [0.2, 0.25) is 0 Å². The third kappa shape index (κ3) is 4.10. The molecule has 2 aromatic rings. The van der Waals surface area contributed by atoms with Crippen molar-refractivity contribution >= 4 is 17.2 Å². The van der Waals surface area contributed by atoms with Crippen molar-refractivity contribution < 1.29 is 4.74 Å². The largest absolute Gasteiger partial charge is 0.487 e. The summed E-state index contributed by atoms with van der Waals surface area (Å²) < 4.78 is 7.69. The minimum atomic E-state index is -0.397. The van der Waals surface area contributed by atoms with Crippen molar-refractivity contribution in [1.29, 1.82) is 10.7 Å². The van der Waals surface area contributed by atoms with E-state index in [1.165, 1.54) is 0 Å². The van der Waals surface area contributed by atoms with Crippen LogP contribution in [0.3, 0.4) is 0 Å². The molecule has 0 aliphatic carbocycles. The smallest absolute Gasteiger partial charge is 0.201 e. The Kier molecular flexibility index (Phi) is 5.52. The molecule has 124 valence electrons. The van der Waals surface area contributed by atoms with Crippen LogP contribution in [-0.4, -0.2) is 21.3 Å². The zero-order chi connectivity index (χ0) is 17.5. The van der Waals surface area contributed by atoms with Crippen LogP contribution in [0.4, 0.5) is 5.69 Å². The van der Waals surface area contributed by atoms with Gasteiger partial charge < -0.3 is 10.5 Å². The lowest BCUT2D eigenvalue weighted by molar-refractivity contribution is 0.307. The van der Waals surface area contributed by atoms with Gasteiger partial charge in [-0.15, -0.1) is 0 Å². The number of nitriles is 1. The van der Waals surface area contributed by atoms with Crippen LogP contribution in [0.15, 0.2) is 35.6 Å². The van der Waals surface area contributed by atoms with Crippen LogP contribution in [0.5, 0.6) is 5.75 Å². The van der Waals surface area contributed by atoms with Gasteiger partial charge in [-0.05, 0) is 26.0 Å². The van der Waals surface area contributed by atoms with Crippen LogP contribution in [0.1, 0.15) is 18.2 Å². The Bertz CT molecular complexity index is 801. The molecule has 1 aromatic carbocycles. The Morgan fingerprint density at radius 3 is 2.88 bits per heavy atom. The molecule has 0 saturated heterocycles. The van der Waals surface area contributed by atoms with Gasteiger partial charge in [-0.3, -0.25) is 15.5 Å². The Morgan fingerprint density at radius 2 is 2.25 bits per heavy atom. The first-order valence-electron chi connectivity index (χ1n) is 7.38. The number of hydrogen-bond acceptors (Lipinski definition) is 6. The molecule has 8 heteroatoms. The molecular weight excluding hydrogens is 306 g/mol. The van der Waals surface area contributed by atoms with Gasteiger partial charge in [-0.1, -0.05) is 12.1 Å². The van der Waals surface area contributed by atoms with E-state index in [0.29, 0.717) is 18.0 Å². The molecule has 0 unspecified atom stereocenters. The zero-order valence-corrected chi connectivity index (χ0v) is 13.6. The summed E-state index contributed by atoms with van der Waals surface area (Å²) >= 11 is 0. The van der Waals surface area contributed by atoms with Gasteiger partial charge >= 0.3 is 0 Å². The van der Waals surface area contributed by atoms with E-state index in [9.17, 15) is 0 Å². The maximum atomic E-state index is 8.87. The summed E-state index contributed by atoms with van der Waals surface area (Å²) in [4.78, 5) is 0. The van der Waals surface area contributed by atoms with Gasteiger partial charge in [-0.25, -0.2) is 0 Å². The van der Waals surface area contributed by atoms with Gasteiger partial charge in [-0.2, -0.15) is 15.5 Å². The number of amidine groups is 1. The molecular formula is C16H19N7O. The van der Waals surface area contributed by atoms with E-state index in [4.69, 9.17) is 21.1 Å². The number of nitrogens with two attached hydrogens (primary N) is 1. The SMILES string of the molecule is CCn1cc(COc2ccccc2N/N=C(\C#N)C(=N)N)c(C)n1. The fourth-order valence-electron chi connectivity index (χ4n) is 1.96. The highest BCUT2D eigenvalue weighted by Gasteiger charge is 2.08. The highest BCUT2D eigenvalue weighted by molar-refractivity contribution is 6.45. The number of para-hydroxylation sites is 2. The second kappa shape index (κ2) is 7.78. The van der Waals surface area contributed by atoms with E-state index < -0.39 is 5.84 Å². The third-order valence-corrected chi connectivity index (χ3v) is 3.29. The van der Waals surface area contributed by atoms with Gasteiger partial charge in [0.1, 0.15) is 18.4 Å². The molecule has 2 rings (SSSR count). The van der Waals surface area contributed by atoms with Crippen molar-refractivity contribution in [3.8, 4) is 11.8 Å². The summed E-state index contributed by atoms with van der Waals surface area (Å²) in [5, 5.41) is 24.3. The maximum Gasteiger partial charge on any atom is 0.201 e. The molecule has 8 nitrogen and oxygen atoms in total. The van der Waals surface area contributed by atoms with Crippen LogP contribution >= 0.6 is 0 Å². The van der Waals surface area contributed by atoms with E-state index in [1.807, 2.05) is 36.9 Å². The topological polar surface area (TPSA) is 125 Å². The van der Waals surface area contributed by atoms with Crippen molar-refractivity contribution in [2.45, 2.75) is 27.0 Å². The maximum absolute atomic E-state index is 8.87. The predicted octanol–water partition coefficient (Wildman–Crippen LogP) is 2.02. The van der Waals surface area contributed by atoms with Crippen molar-refractivity contribution in [3.63, 3.8) is 0 Å². The lowest BCUT2D eigenvalue weighted by atomic mass is 10.2. The van der Waals surface area contributed by atoms with Gasteiger partial charge in [0.25, 0.3) is 0 Å². The highest BCUT2D eigenvalue weighted by atomic mass is 16.5. The number of aryl methyl sites for hydroxylation is 2. The molecule has 1 heterocycles. The van der Waals surface area contributed by atoms with Crippen molar-refractivity contribution in [1.82, 2.24) is 9.78 Å². The average Bonchev–Trinajstić information content (AvgIpc) is 2.94. The Hall–Kier alpha value is -3.34. The third-order valence-electron chi connectivity index (χ3n) is 3.29. The number of rotatable bonds is 7. The molecule has 0 saturated carbocycles. The summed E-state index contributed by atoms with van der Waals surface area (Å²) in [6.07, 6.45) is 1.95. The molecule has 4 N–H and O–H groups in total. The normalized spacial score (nSPS) is 11.0. The van der Waals surface area contributed by atoms with Gasteiger partial charge in [0.05, 0.1) is 11.4 Å². The number of aromatic nitrogens is 2. The van der Waals surface area contributed by atoms with Crippen molar-refractivity contribution in [2.24, 2.45) is 10.8 Å². The molecule has 0 bridgehead atoms. The zero-order valence-electron chi connectivity index (χ0n) is 13.6. The van der Waals surface area contributed by atoms with E-state index in [0.717, 1.165) is 17.8 Å².